The minimum atomic E-state index is -0.136. The zero-order valence-corrected chi connectivity index (χ0v) is 24.1. The second-order valence-electron chi connectivity index (χ2n) is 12.1. The number of alkyl halides is 2. The number of rotatable bonds is 5. The Hall–Kier alpha value is -0.100. The average molecular weight is 590 g/mol. The molecular formula is C27H42Br2O4. The van der Waals surface area contributed by atoms with Gasteiger partial charge in [-0.3, -0.25) is 9.59 Å². The van der Waals surface area contributed by atoms with E-state index in [1.54, 1.807) is 6.92 Å². The molecule has 0 unspecified atom stereocenters. The molecule has 0 aromatic carbocycles. The molecule has 0 aromatic rings. The number of hydrogen-bond acceptors (Lipinski definition) is 4. The van der Waals surface area contributed by atoms with Gasteiger partial charge in [0.05, 0.1) is 7.11 Å². The van der Waals surface area contributed by atoms with E-state index >= 15 is 0 Å². The third kappa shape index (κ3) is 4.36. The number of carbonyl (C=O) groups excluding carboxylic acids is 2. The Kier molecular flexibility index (Phi) is 7.67. The van der Waals surface area contributed by atoms with Gasteiger partial charge in [-0.05, 0) is 97.7 Å². The predicted octanol–water partition coefficient (Wildman–Crippen LogP) is 6.91. The lowest BCUT2D eigenvalue weighted by atomic mass is 9.44. The smallest absolute Gasteiger partial charge is 0.305 e. The monoisotopic (exact) mass is 588 g/mol. The normalized spacial score (nSPS) is 47.6. The van der Waals surface area contributed by atoms with Crippen LogP contribution in [0, 0.1) is 46.3 Å². The molecule has 188 valence electrons. The molecule has 4 saturated carbocycles. The maximum Gasteiger partial charge on any atom is 0.305 e. The van der Waals surface area contributed by atoms with Gasteiger partial charge in [0.25, 0.3) is 0 Å². The van der Waals surface area contributed by atoms with E-state index in [1.165, 1.54) is 32.8 Å². The van der Waals surface area contributed by atoms with Crippen LogP contribution in [0.4, 0.5) is 0 Å². The van der Waals surface area contributed by atoms with Crippen molar-refractivity contribution in [3.05, 3.63) is 0 Å². The van der Waals surface area contributed by atoms with E-state index in [0.717, 1.165) is 37.5 Å². The summed E-state index contributed by atoms with van der Waals surface area (Å²) >= 11 is 8.52. The van der Waals surface area contributed by atoms with Gasteiger partial charge in [0.15, 0.2) is 0 Å². The number of fused-ring (bicyclic) bond motifs is 5. The van der Waals surface area contributed by atoms with Gasteiger partial charge < -0.3 is 9.47 Å². The molecule has 0 saturated heterocycles. The number of ether oxygens (including phenoxy) is 2. The Morgan fingerprint density at radius 3 is 2.48 bits per heavy atom. The summed E-state index contributed by atoms with van der Waals surface area (Å²) in [5.74, 6) is 3.69. The number of hydrogen-bond donors (Lipinski definition) is 0. The van der Waals surface area contributed by atoms with E-state index in [0.29, 0.717) is 45.2 Å². The highest BCUT2D eigenvalue weighted by Crippen LogP contribution is 2.70. The molecule has 4 rings (SSSR count). The van der Waals surface area contributed by atoms with Gasteiger partial charge in [0.2, 0.25) is 0 Å². The van der Waals surface area contributed by atoms with Crippen LogP contribution in [0.15, 0.2) is 0 Å². The standard InChI is InChI=1S/C27H42Br2O4/c1-15(6-11-22(31)32-5)20-9-10-21-19-8-7-17-14-18(33-16(2)30)12-13-26(17,3)23(19)24(28)25(29)27(20,21)4/h15,17-21,23-25H,6-14H2,1-5H3/t15-,17+,18-,19+,20-,21+,23-,24-,25-,26+,27-/m1/s1. The van der Waals surface area contributed by atoms with Crippen LogP contribution in [0.2, 0.25) is 0 Å². The number of esters is 2. The summed E-state index contributed by atoms with van der Waals surface area (Å²) in [6, 6.07) is 0. The topological polar surface area (TPSA) is 52.6 Å². The third-order valence-corrected chi connectivity index (χ3v) is 14.1. The second kappa shape index (κ2) is 9.75. The molecule has 4 aliphatic carbocycles. The summed E-state index contributed by atoms with van der Waals surface area (Å²) in [6.07, 6.45) is 9.85. The molecule has 11 atom stereocenters. The maximum atomic E-state index is 11.8. The van der Waals surface area contributed by atoms with Crippen LogP contribution in [0.5, 0.6) is 0 Å². The zero-order chi connectivity index (χ0) is 24.1. The van der Waals surface area contributed by atoms with Crippen molar-refractivity contribution in [3.8, 4) is 0 Å². The van der Waals surface area contributed by atoms with Gasteiger partial charge in [-0.2, -0.15) is 0 Å². The molecule has 33 heavy (non-hydrogen) atoms. The van der Waals surface area contributed by atoms with Crippen molar-refractivity contribution < 1.29 is 19.1 Å². The number of methoxy groups -OCH3 is 1. The second-order valence-corrected chi connectivity index (χ2v) is 14.1. The van der Waals surface area contributed by atoms with E-state index in [9.17, 15) is 9.59 Å². The van der Waals surface area contributed by atoms with E-state index in [2.05, 4.69) is 52.6 Å². The van der Waals surface area contributed by atoms with Crippen LogP contribution < -0.4 is 0 Å². The molecule has 0 radical (unpaired) electrons. The number of halogens is 2. The van der Waals surface area contributed by atoms with Gasteiger partial charge >= 0.3 is 11.9 Å². The molecule has 0 spiro atoms. The van der Waals surface area contributed by atoms with Crippen molar-refractivity contribution >= 4 is 43.8 Å². The first-order valence-corrected chi connectivity index (χ1v) is 14.9. The van der Waals surface area contributed by atoms with Crippen molar-refractivity contribution in [1.29, 1.82) is 0 Å². The zero-order valence-electron chi connectivity index (χ0n) is 20.9. The van der Waals surface area contributed by atoms with Crippen molar-refractivity contribution in [2.24, 2.45) is 46.3 Å². The Morgan fingerprint density at radius 1 is 1.09 bits per heavy atom. The highest BCUT2D eigenvalue weighted by Gasteiger charge is 2.66. The van der Waals surface area contributed by atoms with Crippen LogP contribution in [-0.4, -0.2) is 34.8 Å². The summed E-state index contributed by atoms with van der Waals surface area (Å²) in [4.78, 5) is 24.2. The van der Waals surface area contributed by atoms with Gasteiger partial charge in [-0.25, -0.2) is 0 Å². The molecule has 0 N–H and O–H groups in total. The van der Waals surface area contributed by atoms with Gasteiger partial charge in [-0.1, -0.05) is 52.6 Å². The fourth-order valence-corrected chi connectivity index (χ4v) is 11.7. The van der Waals surface area contributed by atoms with Crippen molar-refractivity contribution in [1.82, 2.24) is 0 Å². The van der Waals surface area contributed by atoms with Gasteiger partial charge in [0.1, 0.15) is 6.10 Å². The first kappa shape index (κ1) is 26.0. The molecule has 4 nitrogen and oxygen atoms in total. The highest BCUT2D eigenvalue weighted by atomic mass is 79.9. The SMILES string of the molecule is COC(=O)CC[C@@H](C)[C@H]1CC[C@H]2[C@@H]3CC[C@H]4C[C@H](OC(C)=O)CC[C@]4(C)[C@H]3[C@@H](Br)[C@@H](Br)[C@]12C. The first-order valence-electron chi connectivity index (χ1n) is 13.1. The van der Waals surface area contributed by atoms with E-state index in [4.69, 9.17) is 9.47 Å². The molecule has 0 aromatic heterocycles. The van der Waals surface area contributed by atoms with Crippen LogP contribution in [0.3, 0.4) is 0 Å². The van der Waals surface area contributed by atoms with Crippen LogP contribution in [0.25, 0.3) is 0 Å². The lowest BCUT2D eigenvalue weighted by Gasteiger charge is -2.64. The van der Waals surface area contributed by atoms with E-state index in [-0.39, 0.29) is 23.5 Å². The summed E-state index contributed by atoms with van der Waals surface area (Å²) in [6.45, 7) is 8.98. The minimum absolute atomic E-state index is 0.0883. The fraction of sp³-hybridized carbons (Fsp3) is 0.926. The Balaban J connectivity index is 1.55. The van der Waals surface area contributed by atoms with Crippen LogP contribution in [-0.2, 0) is 19.1 Å². The lowest BCUT2D eigenvalue weighted by Crippen LogP contribution is -2.62. The summed E-state index contributed by atoms with van der Waals surface area (Å²) < 4.78 is 10.6. The van der Waals surface area contributed by atoms with Crippen LogP contribution >= 0.6 is 31.9 Å². The third-order valence-electron chi connectivity index (χ3n) is 10.7. The predicted molar refractivity (Wildman–Crippen MR) is 137 cm³/mol. The van der Waals surface area contributed by atoms with Gasteiger partial charge in [-0.15, -0.1) is 0 Å². The summed E-state index contributed by atoms with van der Waals surface area (Å²) in [5.41, 5.74) is 0.540. The number of carbonyl (C=O) groups is 2. The molecule has 0 heterocycles. The molecule has 0 aliphatic heterocycles. The van der Waals surface area contributed by atoms with E-state index < -0.39 is 0 Å². The molecule has 4 fully saturated rings. The van der Waals surface area contributed by atoms with Gasteiger partial charge in [0, 0.05) is 23.0 Å². The van der Waals surface area contributed by atoms with Crippen molar-refractivity contribution in [3.63, 3.8) is 0 Å². The van der Waals surface area contributed by atoms with Crippen molar-refractivity contribution in [2.75, 3.05) is 7.11 Å². The summed E-state index contributed by atoms with van der Waals surface area (Å²) in [5, 5.41) is 0. The molecule has 0 bridgehead atoms. The van der Waals surface area contributed by atoms with Crippen molar-refractivity contribution in [2.45, 2.75) is 101 Å². The maximum absolute atomic E-state index is 11.8. The summed E-state index contributed by atoms with van der Waals surface area (Å²) in [7, 11) is 1.49. The Labute approximate surface area is 216 Å². The van der Waals surface area contributed by atoms with E-state index in [1.807, 2.05) is 0 Å². The highest BCUT2D eigenvalue weighted by molar-refractivity contribution is 9.12. The molecular weight excluding hydrogens is 548 g/mol. The average Bonchev–Trinajstić information content (AvgIpc) is 3.13. The molecule has 0 amide bonds. The van der Waals surface area contributed by atoms with Crippen LogP contribution in [0.1, 0.15) is 85.5 Å². The fourth-order valence-electron chi connectivity index (χ4n) is 9.13. The Bertz CT molecular complexity index is 758. The largest absolute Gasteiger partial charge is 0.469 e. The quantitative estimate of drug-likeness (QED) is 0.258. The Morgan fingerprint density at radius 2 is 1.82 bits per heavy atom. The molecule has 4 aliphatic rings. The first-order chi connectivity index (χ1) is 15.5. The minimum Gasteiger partial charge on any atom is -0.469 e. The molecule has 6 heteroatoms. The lowest BCUT2D eigenvalue weighted by molar-refractivity contribution is -0.158.